The summed E-state index contributed by atoms with van der Waals surface area (Å²) in [6.45, 7) is 4.32. The second-order valence-electron chi connectivity index (χ2n) is 4.03. The van der Waals surface area contributed by atoms with Crippen LogP contribution in [0.25, 0.3) is 11.0 Å². The summed E-state index contributed by atoms with van der Waals surface area (Å²) in [6.07, 6.45) is 0.903. The van der Waals surface area contributed by atoms with Crippen LogP contribution in [0, 0.1) is 5.92 Å². The lowest BCUT2D eigenvalue weighted by Gasteiger charge is -2.00. The van der Waals surface area contributed by atoms with E-state index in [1.54, 1.807) is 0 Å². The monoisotopic (exact) mass is 189 g/mol. The van der Waals surface area contributed by atoms with Crippen molar-refractivity contribution in [1.29, 1.82) is 0 Å². The predicted octanol–water partition coefficient (Wildman–Crippen LogP) is 3.21. The van der Waals surface area contributed by atoms with Crippen LogP contribution in [-0.2, 0) is 6.42 Å². The molecule has 0 saturated carbocycles. The van der Waals surface area contributed by atoms with Crippen molar-refractivity contribution in [1.82, 2.24) is 0 Å². The summed E-state index contributed by atoms with van der Waals surface area (Å²) in [6, 6.07) is 7.89. The Morgan fingerprint density at radius 2 is 2.00 bits per heavy atom. The summed E-state index contributed by atoms with van der Waals surface area (Å²) >= 11 is 0. The molecule has 14 heavy (non-hydrogen) atoms. The Morgan fingerprint density at radius 1 is 1.29 bits per heavy atom. The minimum absolute atomic E-state index is 0.567. The Kier molecular flexibility index (Phi) is 2.20. The van der Waals surface area contributed by atoms with Crippen molar-refractivity contribution in [3.05, 3.63) is 30.0 Å². The van der Waals surface area contributed by atoms with E-state index in [9.17, 15) is 0 Å². The summed E-state index contributed by atoms with van der Waals surface area (Å²) in [5.41, 5.74) is 7.68. The first-order valence-corrected chi connectivity index (χ1v) is 4.94. The Morgan fingerprint density at radius 3 is 2.64 bits per heavy atom. The van der Waals surface area contributed by atoms with Gasteiger partial charge in [0.05, 0.1) is 5.69 Å². The molecule has 1 aromatic heterocycles. The molecule has 2 N–H and O–H groups in total. The van der Waals surface area contributed by atoms with Crippen LogP contribution in [0.1, 0.15) is 19.6 Å². The smallest absolute Gasteiger partial charge is 0.136 e. The van der Waals surface area contributed by atoms with Gasteiger partial charge in [0.15, 0.2) is 0 Å². The highest BCUT2D eigenvalue weighted by atomic mass is 16.3. The number of rotatable bonds is 2. The van der Waals surface area contributed by atoms with E-state index in [0.29, 0.717) is 5.92 Å². The standard InChI is InChI=1S/C12H15NO/c1-8(2)7-11-12(13)9-5-3-4-6-10(9)14-11/h3-6,8H,7,13H2,1-2H3. The second-order valence-corrected chi connectivity index (χ2v) is 4.03. The second kappa shape index (κ2) is 3.37. The number of furan rings is 1. The van der Waals surface area contributed by atoms with Gasteiger partial charge in [0, 0.05) is 11.8 Å². The molecule has 1 aromatic carbocycles. The number of hydrogen-bond donors (Lipinski definition) is 1. The highest BCUT2D eigenvalue weighted by Crippen LogP contribution is 2.29. The molecule has 0 spiro atoms. The fraction of sp³-hybridized carbons (Fsp3) is 0.333. The van der Waals surface area contributed by atoms with Crippen molar-refractivity contribution in [3.8, 4) is 0 Å². The van der Waals surface area contributed by atoms with Crippen LogP contribution in [0.4, 0.5) is 5.69 Å². The first-order valence-electron chi connectivity index (χ1n) is 4.94. The molecule has 2 nitrogen and oxygen atoms in total. The number of anilines is 1. The van der Waals surface area contributed by atoms with Crippen LogP contribution in [0.15, 0.2) is 28.7 Å². The van der Waals surface area contributed by atoms with Crippen molar-refractivity contribution in [3.63, 3.8) is 0 Å². The number of nitrogens with two attached hydrogens (primary N) is 1. The summed E-state index contributed by atoms with van der Waals surface area (Å²) in [4.78, 5) is 0. The van der Waals surface area contributed by atoms with E-state index in [0.717, 1.165) is 28.8 Å². The molecule has 1 heterocycles. The molecular formula is C12H15NO. The molecule has 0 atom stereocenters. The SMILES string of the molecule is CC(C)Cc1oc2ccccc2c1N. The first-order chi connectivity index (χ1) is 6.68. The van der Waals surface area contributed by atoms with Gasteiger partial charge < -0.3 is 10.2 Å². The van der Waals surface area contributed by atoms with Crippen LogP contribution in [0.2, 0.25) is 0 Å². The maximum absolute atomic E-state index is 5.99. The van der Waals surface area contributed by atoms with Crippen LogP contribution in [0.5, 0.6) is 0 Å². The third kappa shape index (κ3) is 1.48. The lowest BCUT2D eigenvalue weighted by molar-refractivity contribution is 0.502. The fourth-order valence-electron chi connectivity index (χ4n) is 1.64. The van der Waals surface area contributed by atoms with E-state index in [4.69, 9.17) is 10.2 Å². The highest BCUT2D eigenvalue weighted by molar-refractivity contribution is 5.90. The van der Waals surface area contributed by atoms with E-state index in [1.165, 1.54) is 0 Å². The van der Waals surface area contributed by atoms with Gasteiger partial charge in [-0.2, -0.15) is 0 Å². The van der Waals surface area contributed by atoms with Gasteiger partial charge in [0.25, 0.3) is 0 Å². The minimum Gasteiger partial charge on any atom is -0.459 e. The van der Waals surface area contributed by atoms with Crippen LogP contribution in [0.3, 0.4) is 0 Å². The Hall–Kier alpha value is -1.44. The van der Waals surface area contributed by atoms with Gasteiger partial charge >= 0.3 is 0 Å². The molecule has 2 rings (SSSR count). The molecule has 74 valence electrons. The molecule has 0 unspecified atom stereocenters. The average molecular weight is 189 g/mol. The van der Waals surface area contributed by atoms with Gasteiger partial charge in [-0.1, -0.05) is 26.0 Å². The highest BCUT2D eigenvalue weighted by Gasteiger charge is 2.11. The van der Waals surface area contributed by atoms with E-state index in [2.05, 4.69) is 13.8 Å². The normalized spacial score (nSPS) is 11.4. The number of nitrogen functional groups attached to an aromatic ring is 1. The van der Waals surface area contributed by atoms with Crippen LogP contribution in [-0.4, -0.2) is 0 Å². The predicted molar refractivity (Wildman–Crippen MR) is 59.2 cm³/mol. The Bertz CT molecular complexity index is 443. The Labute approximate surface area is 83.7 Å². The lowest BCUT2D eigenvalue weighted by atomic mass is 10.1. The molecule has 0 aliphatic carbocycles. The van der Waals surface area contributed by atoms with E-state index >= 15 is 0 Å². The van der Waals surface area contributed by atoms with Crippen LogP contribution < -0.4 is 5.73 Å². The molecule has 0 aliphatic heterocycles. The molecule has 0 amide bonds. The minimum atomic E-state index is 0.567. The van der Waals surface area contributed by atoms with Gasteiger partial charge in [-0.05, 0) is 18.1 Å². The lowest BCUT2D eigenvalue weighted by Crippen LogP contribution is -1.96. The molecule has 0 radical (unpaired) electrons. The molecule has 0 fully saturated rings. The van der Waals surface area contributed by atoms with Gasteiger partial charge in [0.1, 0.15) is 11.3 Å². The topological polar surface area (TPSA) is 39.2 Å². The largest absolute Gasteiger partial charge is 0.459 e. The maximum Gasteiger partial charge on any atom is 0.136 e. The van der Waals surface area contributed by atoms with Crippen LogP contribution >= 0.6 is 0 Å². The molecule has 2 heteroatoms. The first kappa shape index (κ1) is 9.13. The molecule has 0 saturated heterocycles. The zero-order valence-corrected chi connectivity index (χ0v) is 8.58. The van der Waals surface area contributed by atoms with Crippen molar-refractivity contribution in [2.45, 2.75) is 20.3 Å². The molecule has 0 bridgehead atoms. The summed E-state index contributed by atoms with van der Waals surface area (Å²) in [5.74, 6) is 1.49. The van der Waals surface area contributed by atoms with E-state index in [-0.39, 0.29) is 0 Å². The molecule has 2 aromatic rings. The number of benzene rings is 1. The summed E-state index contributed by atoms with van der Waals surface area (Å²) < 4.78 is 5.68. The van der Waals surface area contributed by atoms with Crippen molar-refractivity contribution < 1.29 is 4.42 Å². The average Bonchev–Trinajstić information content (AvgIpc) is 2.44. The van der Waals surface area contributed by atoms with Crippen molar-refractivity contribution >= 4 is 16.7 Å². The van der Waals surface area contributed by atoms with Gasteiger partial charge in [0.2, 0.25) is 0 Å². The Balaban J connectivity index is 2.51. The van der Waals surface area contributed by atoms with Gasteiger partial charge in [-0.15, -0.1) is 0 Å². The fourth-order valence-corrected chi connectivity index (χ4v) is 1.64. The number of hydrogen-bond acceptors (Lipinski definition) is 2. The zero-order chi connectivity index (χ0) is 10.1. The number of para-hydroxylation sites is 1. The summed E-state index contributed by atoms with van der Waals surface area (Å²) in [5, 5.41) is 1.03. The quantitative estimate of drug-likeness (QED) is 0.787. The van der Waals surface area contributed by atoms with Crippen molar-refractivity contribution in [2.24, 2.45) is 5.92 Å². The van der Waals surface area contributed by atoms with Gasteiger partial charge in [-0.25, -0.2) is 0 Å². The zero-order valence-electron chi connectivity index (χ0n) is 8.58. The molecular weight excluding hydrogens is 174 g/mol. The third-order valence-electron chi connectivity index (χ3n) is 2.30. The maximum atomic E-state index is 5.99. The van der Waals surface area contributed by atoms with Crippen molar-refractivity contribution in [2.75, 3.05) is 5.73 Å². The van der Waals surface area contributed by atoms with E-state index in [1.807, 2.05) is 24.3 Å². The van der Waals surface area contributed by atoms with E-state index < -0.39 is 0 Å². The third-order valence-corrected chi connectivity index (χ3v) is 2.30. The summed E-state index contributed by atoms with van der Waals surface area (Å²) in [7, 11) is 0. The van der Waals surface area contributed by atoms with Gasteiger partial charge in [-0.3, -0.25) is 0 Å². The number of fused-ring (bicyclic) bond motifs is 1. The molecule has 0 aliphatic rings.